The maximum absolute atomic E-state index is 12.0. The lowest BCUT2D eigenvalue weighted by Crippen LogP contribution is -2.28. The second kappa shape index (κ2) is 4.62. The van der Waals surface area contributed by atoms with E-state index in [0.29, 0.717) is 22.6 Å². The minimum Gasteiger partial charge on any atom is -0.507 e. The van der Waals surface area contributed by atoms with E-state index in [4.69, 9.17) is 11.2 Å². The Bertz CT molecular complexity index is 829. The number of aromatic hydroxyl groups is 1. The molecular formula is C16H10O5. The molecule has 2 aromatic rings. The minimum atomic E-state index is -1.33. The lowest BCUT2D eigenvalue weighted by molar-refractivity contribution is -0.0685. The van der Waals surface area contributed by atoms with Crippen molar-refractivity contribution in [2.24, 2.45) is 0 Å². The molecule has 0 saturated carbocycles. The number of rotatable bonds is 1. The number of phenolic OH excluding ortho intramolecular Hbond substituents is 1. The van der Waals surface area contributed by atoms with Gasteiger partial charge in [-0.1, -0.05) is 12.0 Å². The molecule has 0 radical (unpaired) electrons. The average Bonchev–Trinajstić information content (AvgIpc) is 2.46. The summed E-state index contributed by atoms with van der Waals surface area (Å²) < 4.78 is 4.80. The summed E-state index contributed by atoms with van der Waals surface area (Å²) in [6, 6.07) is 4.74. The number of hydrogen-bond acceptors (Lipinski definition) is 5. The predicted molar refractivity (Wildman–Crippen MR) is 74.1 cm³/mol. The molecule has 2 aromatic carbocycles. The van der Waals surface area contributed by atoms with Gasteiger partial charge in [0.1, 0.15) is 5.75 Å². The summed E-state index contributed by atoms with van der Waals surface area (Å²) in [5.74, 6) is 1.44. The molecule has 0 fully saturated rings. The lowest BCUT2D eigenvalue weighted by atomic mass is 9.89. The Hall–Kier alpha value is -2.84. The minimum absolute atomic E-state index is 0.0256. The van der Waals surface area contributed by atoms with Crippen molar-refractivity contribution in [3.63, 3.8) is 0 Å². The zero-order chi connectivity index (χ0) is 15.1. The van der Waals surface area contributed by atoms with Crippen LogP contribution < -0.4 is 0 Å². The van der Waals surface area contributed by atoms with E-state index in [1.165, 1.54) is 6.07 Å². The standard InChI is InChI=1S/C16H10O5/c1-2-8-3-4-9-11(5-8)15(19)12(7-17)10-6-13(18)21-16(20)14(9)10/h1,3-5,7,13,18-19H,6H2. The van der Waals surface area contributed by atoms with Crippen molar-refractivity contribution in [1.82, 2.24) is 0 Å². The smallest absolute Gasteiger partial charge is 0.341 e. The summed E-state index contributed by atoms with van der Waals surface area (Å²) in [5.41, 5.74) is 0.951. The van der Waals surface area contributed by atoms with Crippen molar-refractivity contribution in [2.45, 2.75) is 12.7 Å². The SMILES string of the molecule is C#Cc1ccc2c3c(c(C=O)c(O)c2c1)CC(O)OC3=O. The number of terminal acetylenes is 1. The number of carbonyl (C=O) groups is 2. The van der Waals surface area contributed by atoms with E-state index in [2.05, 4.69) is 5.92 Å². The van der Waals surface area contributed by atoms with Crippen molar-refractivity contribution in [3.8, 4) is 18.1 Å². The van der Waals surface area contributed by atoms with Crippen molar-refractivity contribution in [2.75, 3.05) is 0 Å². The number of esters is 1. The zero-order valence-corrected chi connectivity index (χ0v) is 10.8. The summed E-state index contributed by atoms with van der Waals surface area (Å²) in [6.07, 6.45) is 4.40. The highest BCUT2D eigenvalue weighted by Crippen LogP contribution is 2.38. The van der Waals surface area contributed by atoms with Gasteiger partial charge in [0.15, 0.2) is 6.29 Å². The highest BCUT2D eigenvalue weighted by atomic mass is 16.6. The normalized spacial score (nSPS) is 17.0. The van der Waals surface area contributed by atoms with Gasteiger partial charge in [0, 0.05) is 22.8 Å². The molecule has 0 bridgehead atoms. The van der Waals surface area contributed by atoms with Gasteiger partial charge < -0.3 is 14.9 Å². The molecule has 21 heavy (non-hydrogen) atoms. The first-order valence-corrected chi connectivity index (χ1v) is 6.19. The number of aliphatic hydroxyl groups is 1. The van der Waals surface area contributed by atoms with Crippen LogP contribution in [0.5, 0.6) is 5.75 Å². The fourth-order valence-corrected chi connectivity index (χ4v) is 2.60. The Balaban J connectivity index is 2.48. The number of hydrogen-bond donors (Lipinski definition) is 2. The number of carbonyl (C=O) groups excluding carboxylic acids is 2. The Morgan fingerprint density at radius 3 is 2.81 bits per heavy atom. The van der Waals surface area contributed by atoms with Crippen LogP contribution in [-0.4, -0.2) is 28.8 Å². The van der Waals surface area contributed by atoms with Crippen molar-refractivity contribution in [3.05, 3.63) is 40.5 Å². The molecule has 5 heteroatoms. The Morgan fingerprint density at radius 1 is 1.38 bits per heavy atom. The summed E-state index contributed by atoms with van der Waals surface area (Å²) in [5, 5.41) is 20.5. The molecule has 1 aliphatic heterocycles. The Morgan fingerprint density at radius 2 is 2.14 bits per heavy atom. The van der Waals surface area contributed by atoms with Gasteiger partial charge in [0.25, 0.3) is 0 Å². The second-order valence-electron chi connectivity index (χ2n) is 4.70. The second-order valence-corrected chi connectivity index (χ2v) is 4.70. The highest BCUT2D eigenvalue weighted by molar-refractivity contribution is 6.12. The first-order chi connectivity index (χ1) is 10.1. The van der Waals surface area contributed by atoms with Gasteiger partial charge in [0.05, 0.1) is 11.1 Å². The molecule has 1 heterocycles. The molecule has 0 spiro atoms. The van der Waals surface area contributed by atoms with Crippen LogP contribution in [0.2, 0.25) is 0 Å². The maximum atomic E-state index is 12.0. The van der Waals surface area contributed by atoms with E-state index in [1.807, 2.05) is 0 Å². The summed E-state index contributed by atoms with van der Waals surface area (Å²) in [6.45, 7) is 0. The van der Waals surface area contributed by atoms with Gasteiger partial charge in [-0.15, -0.1) is 6.42 Å². The number of ether oxygens (including phenoxy) is 1. The molecular weight excluding hydrogens is 272 g/mol. The zero-order valence-electron chi connectivity index (χ0n) is 10.8. The third kappa shape index (κ3) is 1.85. The number of aldehydes is 1. The van der Waals surface area contributed by atoms with Crippen molar-refractivity contribution < 1.29 is 24.5 Å². The number of benzene rings is 2. The van der Waals surface area contributed by atoms with Crippen LogP contribution in [0.4, 0.5) is 0 Å². The van der Waals surface area contributed by atoms with Crippen LogP contribution >= 0.6 is 0 Å². The molecule has 0 aromatic heterocycles. The molecule has 1 aliphatic rings. The van der Waals surface area contributed by atoms with Crippen LogP contribution in [-0.2, 0) is 11.2 Å². The first-order valence-electron chi connectivity index (χ1n) is 6.19. The summed E-state index contributed by atoms with van der Waals surface area (Å²) in [4.78, 5) is 23.3. The molecule has 104 valence electrons. The topological polar surface area (TPSA) is 83.8 Å². The van der Waals surface area contributed by atoms with Gasteiger partial charge in [-0.25, -0.2) is 4.79 Å². The third-order valence-electron chi connectivity index (χ3n) is 3.54. The monoisotopic (exact) mass is 282 g/mol. The van der Waals surface area contributed by atoms with E-state index < -0.39 is 12.3 Å². The fraction of sp³-hybridized carbons (Fsp3) is 0.125. The quantitative estimate of drug-likeness (QED) is 0.469. The third-order valence-corrected chi connectivity index (χ3v) is 3.54. The number of aliphatic hydroxyl groups excluding tert-OH is 1. The molecule has 3 rings (SSSR count). The molecule has 1 unspecified atom stereocenters. The number of phenols is 1. The van der Waals surface area contributed by atoms with Gasteiger partial charge >= 0.3 is 5.97 Å². The number of cyclic esters (lactones) is 1. The molecule has 0 saturated heterocycles. The van der Waals surface area contributed by atoms with E-state index in [1.54, 1.807) is 12.1 Å². The fourth-order valence-electron chi connectivity index (χ4n) is 2.60. The summed E-state index contributed by atoms with van der Waals surface area (Å²) >= 11 is 0. The summed E-state index contributed by atoms with van der Waals surface area (Å²) in [7, 11) is 0. The lowest BCUT2D eigenvalue weighted by Gasteiger charge is -2.24. The molecule has 0 amide bonds. The number of fused-ring (bicyclic) bond motifs is 3. The van der Waals surface area contributed by atoms with Crippen LogP contribution in [0, 0.1) is 12.3 Å². The molecule has 2 N–H and O–H groups in total. The highest BCUT2D eigenvalue weighted by Gasteiger charge is 2.31. The average molecular weight is 282 g/mol. The van der Waals surface area contributed by atoms with Crippen molar-refractivity contribution >= 4 is 23.0 Å². The van der Waals surface area contributed by atoms with Gasteiger partial charge in [-0.3, -0.25) is 4.79 Å². The maximum Gasteiger partial charge on any atom is 0.341 e. The van der Waals surface area contributed by atoms with Gasteiger partial charge in [-0.2, -0.15) is 0 Å². The molecule has 1 atom stereocenters. The Kier molecular flexibility index (Phi) is 2.89. The van der Waals surface area contributed by atoms with Crippen molar-refractivity contribution in [1.29, 1.82) is 0 Å². The van der Waals surface area contributed by atoms with Crippen LogP contribution in [0.25, 0.3) is 10.8 Å². The van der Waals surface area contributed by atoms with Crippen LogP contribution in [0.1, 0.15) is 31.8 Å². The van der Waals surface area contributed by atoms with Crippen LogP contribution in [0.15, 0.2) is 18.2 Å². The predicted octanol–water partition coefficient (Wildman–Crippen LogP) is 1.37. The van der Waals surface area contributed by atoms with Crippen LogP contribution in [0.3, 0.4) is 0 Å². The van der Waals surface area contributed by atoms with Gasteiger partial charge in [0.2, 0.25) is 6.29 Å². The molecule has 0 aliphatic carbocycles. The van der Waals surface area contributed by atoms with E-state index in [-0.39, 0.29) is 28.9 Å². The van der Waals surface area contributed by atoms with Gasteiger partial charge in [-0.05, 0) is 17.7 Å². The molecule has 5 nitrogen and oxygen atoms in total. The largest absolute Gasteiger partial charge is 0.507 e. The van der Waals surface area contributed by atoms with E-state index in [9.17, 15) is 19.8 Å². The Labute approximate surface area is 119 Å². The van der Waals surface area contributed by atoms with E-state index in [0.717, 1.165) is 0 Å². The van der Waals surface area contributed by atoms with E-state index >= 15 is 0 Å². The first kappa shape index (κ1) is 13.2.